The Morgan fingerprint density at radius 2 is 1.35 bits per heavy atom. The molecule has 9 heteroatoms. The number of ether oxygens (including phenoxy) is 5. The van der Waals surface area contributed by atoms with Crippen molar-refractivity contribution in [2.45, 2.75) is 5.79 Å². The van der Waals surface area contributed by atoms with Gasteiger partial charge in [0.1, 0.15) is 24.7 Å². The van der Waals surface area contributed by atoms with Crippen molar-refractivity contribution in [3.8, 4) is 11.5 Å². The number of esters is 1. The molecule has 0 aliphatic carbocycles. The van der Waals surface area contributed by atoms with Crippen molar-refractivity contribution in [1.29, 1.82) is 0 Å². The van der Waals surface area contributed by atoms with E-state index in [-0.39, 0.29) is 13.2 Å². The summed E-state index contributed by atoms with van der Waals surface area (Å²) >= 11 is 0. The van der Waals surface area contributed by atoms with Gasteiger partial charge in [0.2, 0.25) is 5.78 Å². The van der Waals surface area contributed by atoms with Gasteiger partial charge in [-0.05, 0) is 48.5 Å². The topological polar surface area (TPSA) is 98.8 Å². The first-order chi connectivity index (χ1) is 15.0. The molecule has 0 saturated heterocycles. The van der Waals surface area contributed by atoms with Crippen LogP contribution < -0.4 is 9.47 Å². The van der Waals surface area contributed by atoms with Gasteiger partial charge in [-0.25, -0.2) is 14.6 Å². The highest BCUT2D eigenvalue weighted by molar-refractivity contribution is 6.02. The maximum absolute atomic E-state index is 13.3. The van der Waals surface area contributed by atoms with Gasteiger partial charge in [0.25, 0.3) is 5.79 Å². The van der Waals surface area contributed by atoms with Crippen molar-refractivity contribution in [2.75, 3.05) is 48.3 Å². The largest absolute Gasteiger partial charge is 0.491 e. The molecule has 0 heterocycles. The summed E-state index contributed by atoms with van der Waals surface area (Å²) < 4.78 is 26.4. The Kier molecular flexibility index (Phi) is 9.41. The standard InChI is InChI=1S/C22H26O9/c1-25-20(23)15-30-19-11-7-17(8-12-19)22(26-2,27-3)21(24)16-5-9-18(10-6-16)29-13-14-31-28-4/h5-12H,13-15H2,1-4H3. The molecule has 0 N–H and O–H groups in total. The van der Waals surface area contributed by atoms with Crippen LogP contribution in [0.4, 0.5) is 0 Å². The Bertz CT molecular complexity index is 827. The minimum Gasteiger partial charge on any atom is -0.491 e. The fourth-order valence-corrected chi connectivity index (χ4v) is 2.78. The molecular weight excluding hydrogens is 408 g/mol. The highest BCUT2D eigenvalue weighted by Crippen LogP contribution is 2.32. The molecule has 31 heavy (non-hydrogen) atoms. The smallest absolute Gasteiger partial charge is 0.343 e. The third kappa shape index (κ3) is 6.25. The van der Waals surface area contributed by atoms with E-state index >= 15 is 0 Å². The number of carbonyl (C=O) groups is 2. The van der Waals surface area contributed by atoms with Gasteiger partial charge < -0.3 is 23.7 Å². The maximum Gasteiger partial charge on any atom is 0.343 e. The summed E-state index contributed by atoms with van der Waals surface area (Å²) in [6, 6.07) is 13.1. The van der Waals surface area contributed by atoms with E-state index < -0.39 is 17.5 Å². The van der Waals surface area contributed by atoms with Crippen molar-refractivity contribution in [3.05, 3.63) is 59.7 Å². The van der Waals surface area contributed by atoms with Gasteiger partial charge in [0.15, 0.2) is 6.61 Å². The molecule has 0 amide bonds. The van der Waals surface area contributed by atoms with Gasteiger partial charge in [-0.3, -0.25) is 4.79 Å². The lowest BCUT2D eigenvalue weighted by atomic mass is 9.95. The first-order valence-corrected chi connectivity index (χ1v) is 9.34. The van der Waals surface area contributed by atoms with E-state index in [0.717, 1.165) is 0 Å². The average molecular weight is 434 g/mol. The Labute approximate surface area is 180 Å². The molecule has 0 radical (unpaired) electrons. The normalized spacial score (nSPS) is 11.1. The van der Waals surface area contributed by atoms with E-state index in [0.29, 0.717) is 29.2 Å². The summed E-state index contributed by atoms with van der Waals surface area (Å²) in [5, 5.41) is 0. The van der Waals surface area contributed by atoms with Gasteiger partial charge in [-0.1, -0.05) is 0 Å². The second-order valence-electron chi connectivity index (χ2n) is 6.10. The van der Waals surface area contributed by atoms with Crippen molar-refractivity contribution in [3.63, 3.8) is 0 Å². The molecule has 0 saturated carbocycles. The number of hydrogen-bond acceptors (Lipinski definition) is 9. The molecule has 2 rings (SSSR count). The first-order valence-electron chi connectivity index (χ1n) is 9.34. The fourth-order valence-electron chi connectivity index (χ4n) is 2.78. The van der Waals surface area contributed by atoms with Gasteiger partial charge in [-0.15, -0.1) is 0 Å². The minimum absolute atomic E-state index is 0.222. The van der Waals surface area contributed by atoms with Crippen molar-refractivity contribution >= 4 is 11.8 Å². The maximum atomic E-state index is 13.3. The Balaban J connectivity index is 2.15. The average Bonchev–Trinajstić information content (AvgIpc) is 2.82. The zero-order chi connectivity index (χ0) is 22.7. The number of rotatable bonds is 13. The molecule has 0 bridgehead atoms. The van der Waals surface area contributed by atoms with Crippen LogP contribution in [0.5, 0.6) is 11.5 Å². The zero-order valence-corrected chi connectivity index (χ0v) is 17.9. The number of ketones is 1. The van der Waals surface area contributed by atoms with E-state index in [1.165, 1.54) is 28.4 Å². The fraction of sp³-hybridized carbons (Fsp3) is 0.364. The van der Waals surface area contributed by atoms with Crippen LogP contribution in [0.2, 0.25) is 0 Å². The van der Waals surface area contributed by atoms with Crippen molar-refractivity contribution in [2.24, 2.45) is 0 Å². The minimum atomic E-state index is -1.66. The van der Waals surface area contributed by atoms with Crippen molar-refractivity contribution in [1.82, 2.24) is 0 Å². The van der Waals surface area contributed by atoms with Crippen LogP contribution in [0.25, 0.3) is 0 Å². The number of hydrogen-bond donors (Lipinski definition) is 0. The molecule has 0 atom stereocenters. The van der Waals surface area contributed by atoms with E-state index in [4.69, 9.17) is 23.8 Å². The molecule has 0 fully saturated rings. The Morgan fingerprint density at radius 1 is 0.774 bits per heavy atom. The van der Waals surface area contributed by atoms with Crippen LogP contribution in [-0.2, 0) is 34.6 Å². The number of Topliss-reactive ketones (excluding diaryl/α,β-unsaturated/α-hetero) is 1. The van der Waals surface area contributed by atoms with Gasteiger partial charge in [0.05, 0.1) is 14.2 Å². The van der Waals surface area contributed by atoms with Crippen LogP contribution in [0.1, 0.15) is 15.9 Å². The molecule has 0 aromatic heterocycles. The summed E-state index contributed by atoms with van der Waals surface area (Å²) in [7, 11) is 5.47. The second-order valence-corrected chi connectivity index (χ2v) is 6.10. The first kappa shape index (κ1) is 24.3. The van der Waals surface area contributed by atoms with E-state index in [1.54, 1.807) is 48.5 Å². The second kappa shape index (κ2) is 12.0. The lowest BCUT2D eigenvalue weighted by Gasteiger charge is -2.30. The molecular formula is C22H26O9. The molecule has 0 aliphatic rings. The highest BCUT2D eigenvalue weighted by atomic mass is 17.2. The van der Waals surface area contributed by atoms with E-state index in [2.05, 4.69) is 9.62 Å². The monoisotopic (exact) mass is 434 g/mol. The number of carbonyl (C=O) groups excluding carboxylic acids is 2. The molecule has 0 aliphatic heterocycles. The lowest BCUT2D eigenvalue weighted by molar-refractivity contribution is -0.274. The van der Waals surface area contributed by atoms with E-state index in [9.17, 15) is 9.59 Å². The van der Waals surface area contributed by atoms with Gasteiger partial charge in [-0.2, -0.15) is 0 Å². The lowest BCUT2D eigenvalue weighted by Crippen LogP contribution is -2.40. The zero-order valence-electron chi connectivity index (χ0n) is 17.9. The summed E-state index contributed by atoms with van der Waals surface area (Å²) in [4.78, 5) is 33.7. The van der Waals surface area contributed by atoms with Crippen LogP contribution in [0.3, 0.4) is 0 Å². The number of benzene rings is 2. The quantitative estimate of drug-likeness (QED) is 0.118. The van der Waals surface area contributed by atoms with Crippen LogP contribution in [0.15, 0.2) is 48.5 Å². The predicted molar refractivity (Wildman–Crippen MR) is 109 cm³/mol. The SMILES string of the molecule is COOCCOc1ccc(C(=O)C(OC)(OC)c2ccc(OCC(=O)OC)cc2)cc1. The Morgan fingerprint density at radius 3 is 1.90 bits per heavy atom. The number of methoxy groups -OCH3 is 3. The van der Waals surface area contributed by atoms with Crippen LogP contribution in [0, 0.1) is 0 Å². The summed E-state index contributed by atoms with van der Waals surface area (Å²) in [6.45, 7) is 0.346. The van der Waals surface area contributed by atoms with Crippen molar-refractivity contribution < 1.29 is 43.0 Å². The van der Waals surface area contributed by atoms with Gasteiger partial charge >= 0.3 is 5.97 Å². The van der Waals surface area contributed by atoms with Crippen LogP contribution >= 0.6 is 0 Å². The summed E-state index contributed by atoms with van der Waals surface area (Å²) in [6.07, 6.45) is 0. The van der Waals surface area contributed by atoms with E-state index in [1.807, 2.05) is 0 Å². The summed E-state index contributed by atoms with van der Waals surface area (Å²) in [5.74, 6) is -1.54. The molecule has 2 aromatic carbocycles. The molecule has 0 unspecified atom stereocenters. The molecule has 0 spiro atoms. The molecule has 2 aromatic rings. The molecule has 168 valence electrons. The highest BCUT2D eigenvalue weighted by Gasteiger charge is 2.41. The van der Waals surface area contributed by atoms with Crippen LogP contribution in [-0.4, -0.2) is 60.0 Å². The Hall–Kier alpha value is -2.98. The summed E-state index contributed by atoms with van der Waals surface area (Å²) in [5.41, 5.74) is 0.833. The molecule has 9 nitrogen and oxygen atoms in total. The third-order valence-electron chi connectivity index (χ3n) is 4.36. The third-order valence-corrected chi connectivity index (χ3v) is 4.36. The van der Waals surface area contributed by atoms with Gasteiger partial charge in [0, 0.05) is 25.3 Å². The predicted octanol–water partition coefficient (Wildman–Crippen LogP) is 2.52.